The Bertz CT molecular complexity index is 501. The molecule has 1 fully saturated rings. The lowest BCUT2D eigenvalue weighted by atomic mass is 10.0. The molecule has 0 spiro atoms. The highest BCUT2D eigenvalue weighted by Gasteiger charge is 2.33. The molecular formula is C13H12Cl3NO. The molecule has 0 bridgehead atoms. The van der Waals surface area contributed by atoms with Crippen LogP contribution in [-0.4, -0.2) is 11.7 Å². The number of rotatable bonds is 4. The fourth-order valence-corrected chi connectivity index (χ4v) is 2.65. The maximum atomic E-state index is 12.1. The molecule has 1 aromatic carbocycles. The van der Waals surface area contributed by atoms with Crippen molar-refractivity contribution in [2.24, 2.45) is 11.7 Å². The minimum Gasteiger partial charge on any atom is -0.398 e. The van der Waals surface area contributed by atoms with Gasteiger partial charge < -0.3 is 5.73 Å². The minimum atomic E-state index is 0.0125. The zero-order valence-corrected chi connectivity index (χ0v) is 11.8. The first-order chi connectivity index (χ1) is 8.56. The van der Waals surface area contributed by atoms with Gasteiger partial charge in [-0.05, 0) is 25.0 Å². The van der Waals surface area contributed by atoms with Crippen molar-refractivity contribution in [1.82, 2.24) is 0 Å². The number of Topliss-reactive ketones (excluding diaryl/α,β-unsaturated/α-hetero) is 1. The summed E-state index contributed by atoms with van der Waals surface area (Å²) < 4.78 is 0. The van der Waals surface area contributed by atoms with Crippen molar-refractivity contribution in [1.29, 1.82) is 0 Å². The van der Waals surface area contributed by atoms with E-state index in [1.54, 1.807) is 18.2 Å². The Hall–Kier alpha value is -0.700. The molecule has 2 N–H and O–H groups in total. The molecule has 0 aliphatic heterocycles. The molecule has 1 aliphatic rings. The first-order valence-corrected chi connectivity index (χ1v) is 6.88. The average Bonchev–Trinajstić information content (AvgIpc) is 3.13. The summed E-state index contributed by atoms with van der Waals surface area (Å²) in [4.78, 5) is 12.1. The molecule has 1 aliphatic carbocycles. The van der Waals surface area contributed by atoms with Gasteiger partial charge in [-0.2, -0.15) is 0 Å². The number of allylic oxidation sites excluding steroid dienone is 1. The van der Waals surface area contributed by atoms with Crippen molar-refractivity contribution in [3.05, 3.63) is 39.4 Å². The van der Waals surface area contributed by atoms with E-state index >= 15 is 0 Å². The molecule has 2 nitrogen and oxygen atoms in total. The van der Waals surface area contributed by atoms with E-state index < -0.39 is 0 Å². The summed E-state index contributed by atoms with van der Waals surface area (Å²) in [6.45, 7) is 0. The Morgan fingerprint density at radius 3 is 2.28 bits per heavy atom. The van der Waals surface area contributed by atoms with Crippen molar-refractivity contribution >= 4 is 46.3 Å². The molecule has 0 radical (unpaired) electrons. The summed E-state index contributed by atoms with van der Waals surface area (Å²) in [5.41, 5.74) is 7.22. The number of halogens is 3. The van der Waals surface area contributed by atoms with Gasteiger partial charge >= 0.3 is 0 Å². The molecule has 2 rings (SSSR count). The van der Waals surface area contributed by atoms with Gasteiger partial charge in [-0.15, -0.1) is 11.6 Å². The SMILES string of the molecule is N/C(=C(/CCl)C(=O)C1CC1)c1c(Cl)cccc1Cl. The van der Waals surface area contributed by atoms with Crippen LogP contribution in [0.3, 0.4) is 0 Å². The van der Waals surface area contributed by atoms with Gasteiger partial charge in [0.05, 0.1) is 15.9 Å². The summed E-state index contributed by atoms with van der Waals surface area (Å²) in [6, 6.07) is 5.09. The summed E-state index contributed by atoms with van der Waals surface area (Å²) in [6.07, 6.45) is 1.81. The molecule has 0 saturated heterocycles. The molecule has 96 valence electrons. The molecule has 0 amide bonds. The van der Waals surface area contributed by atoms with Crippen molar-refractivity contribution < 1.29 is 4.79 Å². The van der Waals surface area contributed by atoms with E-state index in [1.165, 1.54) is 0 Å². The molecule has 0 aromatic heterocycles. The monoisotopic (exact) mass is 303 g/mol. The fourth-order valence-electron chi connectivity index (χ4n) is 1.77. The largest absolute Gasteiger partial charge is 0.398 e. The van der Waals surface area contributed by atoms with E-state index in [9.17, 15) is 4.79 Å². The molecule has 1 saturated carbocycles. The molecular weight excluding hydrogens is 293 g/mol. The average molecular weight is 305 g/mol. The van der Waals surface area contributed by atoms with Crippen molar-refractivity contribution in [2.75, 3.05) is 5.88 Å². The van der Waals surface area contributed by atoms with Crippen LogP contribution >= 0.6 is 34.8 Å². The third-order valence-electron chi connectivity index (χ3n) is 2.94. The zero-order valence-electron chi connectivity index (χ0n) is 9.55. The Morgan fingerprint density at radius 1 is 1.28 bits per heavy atom. The first-order valence-electron chi connectivity index (χ1n) is 5.59. The van der Waals surface area contributed by atoms with E-state index in [0.29, 0.717) is 21.2 Å². The van der Waals surface area contributed by atoms with E-state index in [-0.39, 0.29) is 23.3 Å². The number of carbonyl (C=O) groups excluding carboxylic acids is 1. The third-order valence-corrected chi connectivity index (χ3v) is 3.83. The van der Waals surface area contributed by atoms with Gasteiger partial charge in [0.15, 0.2) is 5.78 Å². The Morgan fingerprint density at radius 2 is 1.83 bits per heavy atom. The van der Waals surface area contributed by atoms with Crippen LogP contribution in [0.2, 0.25) is 10.0 Å². The van der Waals surface area contributed by atoms with Crippen LogP contribution in [0.4, 0.5) is 0 Å². The normalized spacial score (nSPS) is 16.4. The first kappa shape index (κ1) is 13.7. The highest BCUT2D eigenvalue weighted by atomic mass is 35.5. The third kappa shape index (κ3) is 2.66. The number of carbonyl (C=O) groups is 1. The van der Waals surface area contributed by atoms with Crippen LogP contribution in [0.25, 0.3) is 5.70 Å². The zero-order chi connectivity index (χ0) is 13.3. The second-order valence-corrected chi connectivity index (χ2v) is 5.34. The van der Waals surface area contributed by atoms with Crippen LogP contribution in [0, 0.1) is 5.92 Å². The summed E-state index contributed by atoms with van der Waals surface area (Å²) in [5, 5.41) is 0.845. The second kappa shape index (κ2) is 5.52. The van der Waals surface area contributed by atoms with Crippen LogP contribution in [0.5, 0.6) is 0 Å². The lowest BCUT2D eigenvalue weighted by Crippen LogP contribution is -2.14. The molecule has 0 atom stereocenters. The topological polar surface area (TPSA) is 43.1 Å². The minimum absolute atomic E-state index is 0.0125. The van der Waals surface area contributed by atoms with Crippen molar-refractivity contribution in [3.63, 3.8) is 0 Å². The standard InChI is InChI=1S/C13H12Cl3NO/c14-6-8(13(18)7-4-5-7)12(17)11-9(15)2-1-3-10(11)16/h1-3,7H,4-6,17H2/b12-8-. The van der Waals surface area contributed by atoms with Gasteiger partial charge in [-0.1, -0.05) is 29.3 Å². The number of alkyl halides is 1. The summed E-state index contributed by atoms with van der Waals surface area (Å²) in [5.74, 6) is 0.153. The fraction of sp³-hybridized carbons (Fsp3) is 0.308. The predicted octanol–water partition coefficient (Wildman–Crippen LogP) is 3.88. The van der Waals surface area contributed by atoms with Crippen molar-refractivity contribution in [3.8, 4) is 0 Å². The van der Waals surface area contributed by atoms with Gasteiger partial charge in [0.2, 0.25) is 0 Å². The Kier molecular flexibility index (Phi) is 4.21. The van der Waals surface area contributed by atoms with E-state index in [0.717, 1.165) is 12.8 Å². The summed E-state index contributed by atoms with van der Waals surface area (Å²) in [7, 11) is 0. The van der Waals surface area contributed by atoms with Crippen LogP contribution in [0.15, 0.2) is 23.8 Å². The van der Waals surface area contributed by atoms with E-state index in [1.807, 2.05) is 0 Å². The van der Waals surface area contributed by atoms with Crippen LogP contribution < -0.4 is 5.73 Å². The molecule has 1 aromatic rings. The molecule has 5 heteroatoms. The van der Waals surface area contributed by atoms with E-state index in [4.69, 9.17) is 40.5 Å². The number of hydrogen-bond acceptors (Lipinski definition) is 2. The number of benzene rings is 1. The highest BCUT2D eigenvalue weighted by molar-refractivity contribution is 6.38. The van der Waals surface area contributed by atoms with Gasteiger partial charge in [0, 0.05) is 22.8 Å². The van der Waals surface area contributed by atoms with Gasteiger partial charge in [-0.3, -0.25) is 4.79 Å². The lowest BCUT2D eigenvalue weighted by Gasteiger charge is -2.11. The molecule has 0 unspecified atom stereocenters. The highest BCUT2D eigenvalue weighted by Crippen LogP contribution is 2.36. The number of nitrogens with two attached hydrogens (primary N) is 1. The summed E-state index contributed by atoms with van der Waals surface area (Å²) >= 11 is 18.0. The van der Waals surface area contributed by atoms with Crippen LogP contribution in [0.1, 0.15) is 18.4 Å². The second-order valence-electron chi connectivity index (χ2n) is 4.26. The van der Waals surface area contributed by atoms with Gasteiger partial charge in [0.25, 0.3) is 0 Å². The van der Waals surface area contributed by atoms with Crippen molar-refractivity contribution in [2.45, 2.75) is 12.8 Å². The Labute approximate surface area is 121 Å². The quantitative estimate of drug-likeness (QED) is 0.677. The molecule has 0 heterocycles. The molecule has 18 heavy (non-hydrogen) atoms. The van der Waals surface area contributed by atoms with Crippen LogP contribution in [-0.2, 0) is 4.79 Å². The maximum absolute atomic E-state index is 12.1. The van der Waals surface area contributed by atoms with Gasteiger partial charge in [0.1, 0.15) is 0 Å². The maximum Gasteiger partial charge on any atom is 0.165 e. The Balaban J connectivity index is 2.49. The predicted molar refractivity (Wildman–Crippen MR) is 76.0 cm³/mol. The lowest BCUT2D eigenvalue weighted by molar-refractivity contribution is -0.116. The van der Waals surface area contributed by atoms with Gasteiger partial charge in [-0.25, -0.2) is 0 Å². The smallest absolute Gasteiger partial charge is 0.165 e. The number of hydrogen-bond donors (Lipinski definition) is 1. The number of ketones is 1. The van der Waals surface area contributed by atoms with E-state index in [2.05, 4.69) is 0 Å².